The maximum absolute atomic E-state index is 12.7. The van der Waals surface area contributed by atoms with Gasteiger partial charge >= 0.3 is 5.97 Å². The second kappa shape index (κ2) is 6.61. The summed E-state index contributed by atoms with van der Waals surface area (Å²) in [4.78, 5) is 25.8. The molecule has 1 aromatic heterocycles. The molecule has 3 rings (SSSR count). The molecule has 8 heteroatoms. The molecule has 1 aliphatic rings. The normalized spacial score (nSPS) is 20.6. The SMILES string of the molecule is CC1C(C(=O)O)CCN1C(=O)c1ccc(S(=O)(=O)c2ccccc2)s1. The monoisotopic (exact) mass is 379 g/mol. The smallest absolute Gasteiger partial charge is 0.308 e. The Bertz CT molecular complexity index is 904. The van der Waals surface area contributed by atoms with Crippen molar-refractivity contribution in [2.45, 2.75) is 28.5 Å². The molecule has 25 heavy (non-hydrogen) atoms. The van der Waals surface area contributed by atoms with Crippen LogP contribution in [-0.4, -0.2) is 42.9 Å². The van der Waals surface area contributed by atoms with Crippen molar-refractivity contribution in [1.29, 1.82) is 0 Å². The van der Waals surface area contributed by atoms with Gasteiger partial charge in [-0.1, -0.05) is 18.2 Å². The lowest BCUT2D eigenvalue weighted by atomic mass is 10.0. The number of amides is 1. The first-order valence-corrected chi connectivity index (χ1v) is 10.1. The molecule has 2 unspecified atom stereocenters. The van der Waals surface area contributed by atoms with E-state index >= 15 is 0 Å². The number of carboxylic acid groups (broad SMARTS) is 1. The van der Waals surface area contributed by atoms with E-state index in [9.17, 15) is 23.1 Å². The highest BCUT2D eigenvalue weighted by Gasteiger charge is 2.39. The number of hydrogen-bond acceptors (Lipinski definition) is 5. The van der Waals surface area contributed by atoms with E-state index in [-0.39, 0.29) is 15.0 Å². The number of rotatable bonds is 4. The van der Waals surface area contributed by atoms with E-state index in [0.29, 0.717) is 17.8 Å². The lowest BCUT2D eigenvalue weighted by Gasteiger charge is -2.22. The van der Waals surface area contributed by atoms with Gasteiger partial charge in [0.05, 0.1) is 15.7 Å². The third kappa shape index (κ3) is 3.19. The zero-order valence-electron chi connectivity index (χ0n) is 13.5. The average molecular weight is 379 g/mol. The molecule has 1 amide bonds. The Kier molecular flexibility index (Phi) is 4.66. The molecule has 1 saturated heterocycles. The van der Waals surface area contributed by atoms with E-state index in [1.165, 1.54) is 29.2 Å². The van der Waals surface area contributed by atoms with Crippen LogP contribution >= 0.6 is 11.3 Å². The number of nitrogens with zero attached hydrogens (tertiary/aromatic N) is 1. The third-order valence-electron chi connectivity index (χ3n) is 4.44. The fourth-order valence-corrected chi connectivity index (χ4v) is 5.68. The number of likely N-dealkylation sites (tertiary alicyclic amines) is 1. The number of hydrogen-bond donors (Lipinski definition) is 1. The second-order valence-corrected chi connectivity index (χ2v) is 9.17. The molecule has 2 heterocycles. The van der Waals surface area contributed by atoms with Gasteiger partial charge in [-0.2, -0.15) is 0 Å². The fourth-order valence-electron chi connectivity index (χ4n) is 2.99. The Balaban J connectivity index is 1.85. The van der Waals surface area contributed by atoms with Crippen molar-refractivity contribution in [1.82, 2.24) is 4.90 Å². The number of carboxylic acids is 1. The van der Waals surface area contributed by atoms with Crippen LogP contribution in [0.4, 0.5) is 0 Å². The number of carbonyl (C=O) groups is 2. The first-order valence-electron chi connectivity index (χ1n) is 7.76. The molecule has 0 aliphatic carbocycles. The summed E-state index contributed by atoms with van der Waals surface area (Å²) in [6.07, 6.45) is 0.406. The van der Waals surface area contributed by atoms with Crippen molar-refractivity contribution in [3.8, 4) is 0 Å². The zero-order valence-corrected chi connectivity index (χ0v) is 15.1. The maximum Gasteiger partial charge on any atom is 0.308 e. The molecule has 2 atom stereocenters. The van der Waals surface area contributed by atoms with E-state index in [2.05, 4.69) is 0 Å². The number of carbonyl (C=O) groups excluding carboxylic acids is 1. The first-order chi connectivity index (χ1) is 11.8. The standard InChI is InChI=1S/C17H17NO5S2/c1-11-13(17(20)21)9-10-18(11)16(19)14-7-8-15(24-14)25(22,23)12-5-3-2-4-6-12/h2-8,11,13H,9-10H2,1H3,(H,20,21). The van der Waals surface area contributed by atoms with Crippen LogP contribution < -0.4 is 0 Å². The van der Waals surface area contributed by atoms with Gasteiger partial charge in [-0.3, -0.25) is 9.59 Å². The summed E-state index contributed by atoms with van der Waals surface area (Å²) in [5.41, 5.74) is 0. The predicted octanol–water partition coefficient (Wildman–Crippen LogP) is 2.52. The van der Waals surface area contributed by atoms with Crippen molar-refractivity contribution < 1.29 is 23.1 Å². The van der Waals surface area contributed by atoms with Gasteiger partial charge in [0, 0.05) is 12.6 Å². The Morgan fingerprint density at radius 1 is 1.16 bits per heavy atom. The molecule has 1 N–H and O–H groups in total. The van der Waals surface area contributed by atoms with Crippen LogP contribution in [0.5, 0.6) is 0 Å². The maximum atomic E-state index is 12.7. The van der Waals surface area contributed by atoms with Gasteiger partial charge in [0.2, 0.25) is 9.84 Å². The molecule has 1 aromatic carbocycles. The molecule has 0 saturated carbocycles. The Morgan fingerprint density at radius 2 is 1.84 bits per heavy atom. The van der Waals surface area contributed by atoms with Crippen molar-refractivity contribution in [2.24, 2.45) is 5.92 Å². The van der Waals surface area contributed by atoms with E-state index in [1.54, 1.807) is 25.1 Å². The van der Waals surface area contributed by atoms with Crippen LogP contribution in [0.3, 0.4) is 0 Å². The van der Waals surface area contributed by atoms with Crippen molar-refractivity contribution in [3.05, 3.63) is 47.3 Å². The minimum atomic E-state index is -3.66. The van der Waals surface area contributed by atoms with Crippen LogP contribution in [0.1, 0.15) is 23.0 Å². The lowest BCUT2D eigenvalue weighted by Crippen LogP contribution is -2.37. The Hall–Kier alpha value is -2.19. The zero-order chi connectivity index (χ0) is 18.2. The molecule has 1 aliphatic heterocycles. The summed E-state index contributed by atoms with van der Waals surface area (Å²) >= 11 is 0.915. The summed E-state index contributed by atoms with van der Waals surface area (Å²) in [5, 5.41) is 9.18. The molecular weight excluding hydrogens is 362 g/mol. The van der Waals surface area contributed by atoms with Crippen LogP contribution in [-0.2, 0) is 14.6 Å². The van der Waals surface area contributed by atoms with Gasteiger partial charge in [-0.05, 0) is 37.6 Å². The summed E-state index contributed by atoms with van der Waals surface area (Å²) in [5.74, 6) is -1.83. The van der Waals surface area contributed by atoms with E-state index in [0.717, 1.165) is 11.3 Å². The van der Waals surface area contributed by atoms with Gasteiger partial charge in [0.25, 0.3) is 5.91 Å². The number of sulfone groups is 1. The predicted molar refractivity (Wildman–Crippen MR) is 92.5 cm³/mol. The first kappa shape index (κ1) is 17.6. The molecule has 0 spiro atoms. The van der Waals surface area contributed by atoms with Gasteiger partial charge in [-0.15, -0.1) is 11.3 Å². The van der Waals surface area contributed by atoms with Crippen molar-refractivity contribution >= 4 is 33.1 Å². The third-order valence-corrected chi connectivity index (χ3v) is 7.78. The van der Waals surface area contributed by atoms with E-state index < -0.39 is 27.8 Å². The number of aliphatic carboxylic acids is 1. The highest BCUT2D eigenvalue weighted by atomic mass is 32.2. The van der Waals surface area contributed by atoms with Crippen LogP contribution in [0.2, 0.25) is 0 Å². The quantitative estimate of drug-likeness (QED) is 0.881. The van der Waals surface area contributed by atoms with Crippen LogP contribution in [0.25, 0.3) is 0 Å². The molecule has 0 bridgehead atoms. The highest BCUT2D eigenvalue weighted by Crippen LogP contribution is 2.31. The number of thiophene rings is 1. The summed E-state index contributed by atoms with van der Waals surface area (Å²) in [6, 6.07) is 10.5. The molecule has 2 aromatic rings. The molecule has 132 valence electrons. The molecule has 1 fully saturated rings. The minimum absolute atomic E-state index is 0.101. The van der Waals surface area contributed by atoms with Gasteiger partial charge < -0.3 is 10.0 Å². The molecular formula is C17H17NO5S2. The summed E-state index contributed by atoms with van der Waals surface area (Å²) < 4.78 is 25.3. The average Bonchev–Trinajstić information content (AvgIpc) is 3.22. The lowest BCUT2D eigenvalue weighted by molar-refractivity contribution is -0.142. The number of benzene rings is 1. The largest absolute Gasteiger partial charge is 0.481 e. The molecule has 0 radical (unpaired) electrons. The topological polar surface area (TPSA) is 91.8 Å². The molecule has 6 nitrogen and oxygen atoms in total. The Labute approximate surface area is 149 Å². The highest BCUT2D eigenvalue weighted by molar-refractivity contribution is 7.93. The van der Waals surface area contributed by atoms with Gasteiger partial charge in [0.1, 0.15) is 4.21 Å². The van der Waals surface area contributed by atoms with Gasteiger partial charge in [0.15, 0.2) is 0 Å². The summed E-state index contributed by atoms with van der Waals surface area (Å²) in [7, 11) is -3.66. The minimum Gasteiger partial charge on any atom is -0.481 e. The van der Waals surface area contributed by atoms with Crippen molar-refractivity contribution in [3.63, 3.8) is 0 Å². The Morgan fingerprint density at radius 3 is 2.44 bits per heavy atom. The summed E-state index contributed by atoms with van der Waals surface area (Å²) in [6.45, 7) is 2.06. The van der Waals surface area contributed by atoms with E-state index in [1.807, 2.05) is 0 Å². The van der Waals surface area contributed by atoms with Crippen molar-refractivity contribution in [2.75, 3.05) is 6.54 Å². The van der Waals surface area contributed by atoms with E-state index in [4.69, 9.17) is 0 Å². The van der Waals surface area contributed by atoms with Crippen LogP contribution in [0.15, 0.2) is 51.6 Å². The van der Waals surface area contributed by atoms with Crippen LogP contribution in [0, 0.1) is 5.92 Å². The van der Waals surface area contributed by atoms with Gasteiger partial charge in [-0.25, -0.2) is 8.42 Å². The second-order valence-electron chi connectivity index (χ2n) is 5.91. The fraction of sp³-hybridized carbons (Fsp3) is 0.294.